The fraction of sp³-hybridized carbons (Fsp3) is 1.00. The first kappa shape index (κ1) is 12.1. The third kappa shape index (κ3) is 11.8. The van der Waals surface area contributed by atoms with Gasteiger partial charge < -0.3 is 0 Å². The normalized spacial score (nSPS) is 9.33. The van der Waals surface area contributed by atoms with Gasteiger partial charge in [0.2, 0.25) is 0 Å². The highest BCUT2D eigenvalue weighted by molar-refractivity contribution is 7.59. The second-order valence-electron chi connectivity index (χ2n) is 2.89. The van der Waals surface area contributed by atoms with Crippen LogP contribution in [0, 0.1) is 5.92 Å². The van der Waals surface area contributed by atoms with Crippen LogP contribution in [0.15, 0.2) is 0 Å². The van der Waals surface area contributed by atoms with Gasteiger partial charge in [-0.2, -0.15) is 13.5 Å². The van der Waals surface area contributed by atoms with Crippen molar-refractivity contribution >= 4 is 13.5 Å². The van der Waals surface area contributed by atoms with E-state index in [2.05, 4.69) is 20.8 Å². The van der Waals surface area contributed by atoms with Gasteiger partial charge >= 0.3 is 0 Å². The van der Waals surface area contributed by atoms with E-state index >= 15 is 0 Å². The fourth-order valence-electron chi connectivity index (χ4n) is 0.803. The van der Waals surface area contributed by atoms with E-state index in [1.54, 1.807) is 0 Å². The molecular weight excluding hydrogens is 128 g/mol. The van der Waals surface area contributed by atoms with Crippen molar-refractivity contribution in [3.63, 3.8) is 0 Å². The van der Waals surface area contributed by atoms with E-state index in [4.69, 9.17) is 0 Å². The molecule has 0 rings (SSSR count). The van der Waals surface area contributed by atoms with Crippen LogP contribution < -0.4 is 0 Å². The third-order valence-corrected chi connectivity index (χ3v) is 1.39. The molecule has 0 aromatic carbocycles. The van der Waals surface area contributed by atoms with E-state index in [-0.39, 0.29) is 13.5 Å². The maximum atomic E-state index is 2.29. The van der Waals surface area contributed by atoms with Gasteiger partial charge in [-0.15, -0.1) is 0 Å². The molecule has 0 aliphatic heterocycles. The van der Waals surface area contributed by atoms with Crippen LogP contribution in [0.4, 0.5) is 0 Å². The quantitative estimate of drug-likeness (QED) is 0.536. The molecule has 0 heterocycles. The monoisotopic (exact) mass is 148 g/mol. The first-order valence-electron chi connectivity index (χ1n) is 3.77. The van der Waals surface area contributed by atoms with Gasteiger partial charge in [0.25, 0.3) is 0 Å². The van der Waals surface area contributed by atoms with Gasteiger partial charge in [-0.25, -0.2) is 0 Å². The van der Waals surface area contributed by atoms with Gasteiger partial charge in [-0.3, -0.25) is 0 Å². The summed E-state index contributed by atoms with van der Waals surface area (Å²) >= 11 is 0. The molecule has 0 bridgehead atoms. The molecule has 0 spiro atoms. The standard InChI is InChI=1S/C8H18.H2S/c1-4-5-6-7-8(2)3;/h8H,4-7H2,1-3H3;1H2. The molecule has 0 nitrogen and oxygen atoms in total. The Morgan fingerprint density at radius 1 is 1.11 bits per heavy atom. The van der Waals surface area contributed by atoms with Crippen LogP contribution in [0.5, 0.6) is 0 Å². The zero-order valence-corrected chi connectivity index (χ0v) is 7.91. The van der Waals surface area contributed by atoms with Crippen molar-refractivity contribution in [1.29, 1.82) is 0 Å². The van der Waals surface area contributed by atoms with E-state index in [9.17, 15) is 0 Å². The molecule has 0 radical (unpaired) electrons. The van der Waals surface area contributed by atoms with Gasteiger partial charge in [-0.05, 0) is 5.92 Å². The second kappa shape index (κ2) is 8.35. The van der Waals surface area contributed by atoms with Crippen LogP contribution in [-0.2, 0) is 0 Å². The Hall–Kier alpha value is 0.350. The van der Waals surface area contributed by atoms with Gasteiger partial charge in [0.1, 0.15) is 0 Å². The summed E-state index contributed by atoms with van der Waals surface area (Å²) in [4.78, 5) is 0. The van der Waals surface area contributed by atoms with Crippen molar-refractivity contribution < 1.29 is 0 Å². The Morgan fingerprint density at radius 3 is 2.00 bits per heavy atom. The molecule has 0 unspecified atom stereocenters. The minimum Gasteiger partial charge on any atom is -0.197 e. The van der Waals surface area contributed by atoms with Crippen molar-refractivity contribution in [1.82, 2.24) is 0 Å². The predicted molar refractivity (Wildman–Crippen MR) is 49.4 cm³/mol. The van der Waals surface area contributed by atoms with Crippen LogP contribution in [0.2, 0.25) is 0 Å². The highest BCUT2D eigenvalue weighted by atomic mass is 32.1. The van der Waals surface area contributed by atoms with E-state index in [0.717, 1.165) is 5.92 Å². The number of hydrogen-bond donors (Lipinski definition) is 0. The molecule has 0 aliphatic rings. The Balaban J connectivity index is 0. The summed E-state index contributed by atoms with van der Waals surface area (Å²) in [6, 6.07) is 0. The van der Waals surface area contributed by atoms with Crippen molar-refractivity contribution in [2.75, 3.05) is 0 Å². The predicted octanol–water partition coefficient (Wildman–Crippen LogP) is 3.34. The Kier molecular flexibility index (Phi) is 11.2. The minimum absolute atomic E-state index is 0. The average Bonchev–Trinajstić information content (AvgIpc) is 1.66. The van der Waals surface area contributed by atoms with Gasteiger partial charge in [-0.1, -0.05) is 46.5 Å². The molecule has 0 aromatic rings. The van der Waals surface area contributed by atoms with Crippen LogP contribution in [0.1, 0.15) is 46.5 Å². The summed E-state index contributed by atoms with van der Waals surface area (Å²) in [5.74, 6) is 0.904. The lowest BCUT2D eigenvalue weighted by molar-refractivity contribution is 0.534. The average molecular weight is 148 g/mol. The van der Waals surface area contributed by atoms with Crippen LogP contribution in [0.25, 0.3) is 0 Å². The highest BCUT2D eigenvalue weighted by Crippen LogP contribution is 2.06. The summed E-state index contributed by atoms with van der Waals surface area (Å²) in [5.41, 5.74) is 0. The zero-order valence-electron chi connectivity index (χ0n) is 6.91. The Bertz CT molecular complexity index is 41.8. The van der Waals surface area contributed by atoms with Crippen LogP contribution >= 0.6 is 13.5 Å². The molecule has 0 aromatic heterocycles. The summed E-state index contributed by atoms with van der Waals surface area (Å²) in [6.45, 7) is 6.83. The molecule has 0 amide bonds. The smallest absolute Gasteiger partial charge is 0.0471 e. The second-order valence-corrected chi connectivity index (χ2v) is 2.89. The summed E-state index contributed by atoms with van der Waals surface area (Å²) in [5, 5.41) is 0. The SMILES string of the molecule is CCCCCC(C)C.S. The topological polar surface area (TPSA) is 0 Å². The van der Waals surface area contributed by atoms with Crippen molar-refractivity contribution in [2.24, 2.45) is 5.92 Å². The van der Waals surface area contributed by atoms with E-state index in [1.807, 2.05) is 0 Å². The molecule has 0 aliphatic carbocycles. The van der Waals surface area contributed by atoms with Crippen molar-refractivity contribution in [2.45, 2.75) is 46.5 Å². The van der Waals surface area contributed by atoms with Crippen LogP contribution in [-0.4, -0.2) is 0 Å². The molecule has 0 N–H and O–H groups in total. The number of rotatable bonds is 4. The van der Waals surface area contributed by atoms with Gasteiger partial charge in [0, 0.05) is 0 Å². The Morgan fingerprint density at radius 2 is 1.67 bits per heavy atom. The molecule has 0 saturated carbocycles. The van der Waals surface area contributed by atoms with Crippen LogP contribution in [0.3, 0.4) is 0 Å². The molecule has 9 heavy (non-hydrogen) atoms. The molecule has 58 valence electrons. The lowest BCUT2D eigenvalue weighted by Gasteiger charge is -2.00. The minimum atomic E-state index is 0. The molecule has 0 fully saturated rings. The van der Waals surface area contributed by atoms with Crippen molar-refractivity contribution in [3.05, 3.63) is 0 Å². The zero-order chi connectivity index (χ0) is 6.41. The van der Waals surface area contributed by atoms with E-state index in [1.165, 1.54) is 25.7 Å². The van der Waals surface area contributed by atoms with Gasteiger partial charge in [0.05, 0.1) is 0 Å². The summed E-state index contributed by atoms with van der Waals surface area (Å²) in [6.07, 6.45) is 5.60. The summed E-state index contributed by atoms with van der Waals surface area (Å²) < 4.78 is 0. The highest BCUT2D eigenvalue weighted by Gasteiger charge is 1.90. The molecular formula is C8H20S. The largest absolute Gasteiger partial charge is 0.197 e. The molecule has 1 heteroatoms. The van der Waals surface area contributed by atoms with E-state index < -0.39 is 0 Å². The lowest BCUT2D eigenvalue weighted by Crippen LogP contribution is -1.85. The fourth-order valence-corrected chi connectivity index (χ4v) is 0.803. The maximum Gasteiger partial charge on any atom is -0.0471 e. The molecule has 0 saturated heterocycles. The summed E-state index contributed by atoms with van der Waals surface area (Å²) in [7, 11) is 0. The number of unbranched alkanes of at least 4 members (excludes halogenated alkanes) is 2. The molecule has 0 atom stereocenters. The first-order valence-corrected chi connectivity index (χ1v) is 3.77. The number of hydrogen-bond acceptors (Lipinski definition) is 0. The Labute approximate surface area is 66.5 Å². The van der Waals surface area contributed by atoms with Gasteiger partial charge in [0.15, 0.2) is 0 Å². The first-order chi connectivity index (χ1) is 3.77. The van der Waals surface area contributed by atoms with E-state index in [0.29, 0.717) is 0 Å². The lowest BCUT2D eigenvalue weighted by atomic mass is 10.1. The third-order valence-electron chi connectivity index (χ3n) is 1.39. The maximum absolute atomic E-state index is 2.29. The van der Waals surface area contributed by atoms with Crippen molar-refractivity contribution in [3.8, 4) is 0 Å².